The van der Waals surface area contributed by atoms with Gasteiger partial charge in [0.2, 0.25) is 0 Å². The number of nitrogens with zero attached hydrogens (tertiary/aromatic N) is 2. The lowest BCUT2D eigenvalue weighted by molar-refractivity contribution is 0.0940. The van der Waals surface area contributed by atoms with Gasteiger partial charge in [-0.05, 0) is 54.8 Å². The fourth-order valence-electron chi connectivity index (χ4n) is 3.94. The molecule has 0 bridgehead atoms. The van der Waals surface area contributed by atoms with E-state index in [0.29, 0.717) is 30.9 Å². The van der Waals surface area contributed by atoms with E-state index in [1.807, 2.05) is 49.4 Å². The Morgan fingerprint density at radius 2 is 1.78 bits per heavy atom. The van der Waals surface area contributed by atoms with Gasteiger partial charge in [0.25, 0.3) is 5.91 Å². The number of carbonyl (C=O) groups is 2. The summed E-state index contributed by atoms with van der Waals surface area (Å²) in [5.74, 6) is -0.503. The molecule has 1 saturated heterocycles. The summed E-state index contributed by atoms with van der Waals surface area (Å²) in [7, 11) is 0. The number of nitrogens with one attached hydrogen (secondary N) is 1. The molecule has 0 unspecified atom stereocenters. The molecular weight excluding hydrogens is 405 g/mol. The standard InChI is InChI=1S/C26H26FN3O2/c1-19(21-9-3-2-4-10-21)28-25(31)22-11-6-13-24(17-22)30-15-7-14-29(26(30)32)18-20-8-5-12-23(27)16-20/h2-6,8-13,16-17,19H,7,14-15,18H2,1H3,(H,28,31)/t19-/m1/s1. The van der Waals surface area contributed by atoms with Crippen molar-refractivity contribution in [3.05, 3.63) is 101 Å². The third kappa shape index (κ3) is 4.97. The first kappa shape index (κ1) is 21.6. The first-order chi connectivity index (χ1) is 15.5. The van der Waals surface area contributed by atoms with Gasteiger partial charge in [0.15, 0.2) is 0 Å². The van der Waals surface area contributed by atoms with Gasteiger partial charge >= 0.3 is 6.03 Å². The largest absolute Gasteiger partial charge is 0.346 e. The first-order valence-electron chi connectivity index (χ1n) is 10.8. The predicted molar refractivity (Wildman–Crippen MR) is 123 cm³/mol. The number of benzene rings is 3. The van der Waals surface area contributed by atoms with Gasteiger partial charge < -0.3 is 10.2 Å². The molecule has 0 aliphatic carbocycles. The zero-order chi connectivity index (χ0) is 22.5. The number of halogens is 1. The maximum absolute atomic E-state index is 13.5. The molecule has 1 fully saturated rings. The Morgan fingerprint density at radius 3 is 2.56 bits per heavy atom. The Hall–Kier alpha value is -3.67. The summed E-state index contributed by atoms with van der Waals surface area (Å²) in [5.41, 5.74) is 2.96. The second-order valence-corrected chi connectivity index (χ2v) is 8.00. The van der Waals surface area contributed by atoms with Crippen LogP contribution in [0.5, 0.6) is 0 Å². The number of amides is 3. The minimum absolute atomic E-state index is 0.134. The van der Waals surface area contributed by atoms with E-state index in [4.69, 9.17) is 0 Å². The number of hydrogen-bond donors (Lipinski definition) is 1. The van der Waals surface area contributed by atoms with Crippen LogP contribution in [0.4, 0.5) is 14.9 Å². The molecule has 164 valence electrons. The molecule has 1 heterocycles. The number of rotatable bonds is 6. The summed E-state index contributed by atoms with van der Waals surface area (Å²) in [6, 6.07) is 22.9. The molecule has 5 nitrogen and oxygen atoms in total. The van der Waals surface area contributed by atoms with E-state index in [0.717, 1.165) is 17.5 Å². The monoisotopic (exact) mass is 431 g/mol. The molecule has 1 N–H and O–H groups in total. The van der Waals surface area contributed by atoms with Crippen LogP contribution in [0.3, 0.4) is 0 Å². The Balaban J connectivity index is 1.47. The maximum atomic E-state index is 13.5. The quantitative estimate of drug-likeness (QED) is 0.587. The Kier molecular flexibility index (Phi) is 6.50. The summed E-state index contributed by atoms with van der Waals surface area (Å²) in [4.78, 5) is 29.3. The number of hydrogen-bond acceptors (Lipinski definition) is 2. The molecule has 1 aliphatic rings. The van der Waals surface area contributed by atoms with Crippen LogP contribution in [0.25, 0.3) is 0 Å². The maximum Gasteiger partial charge on any atom is 0.324 e. The highest BCUT2D eigenvalue weighted by Gasteiger charge is 2.27. The third-order valence-corrected chi connectivity index (χ3v) is 5.64. The summed E-state index contributed by atoms with van der Waals surface area (Å²) < 4.78 is 13.5. The molecular formula is C26H26FN3O2. The summed E-state index contributed by atoms with van der Waals surface area (Å²) in [6.07, 6.45) is 0.794. The molecule has 0 aromatic heterocycles. The van der Waals surface area contributed by atoms with Gasteiger partial charge in [-0.2, -0.15) is 0 Å². The van der Waals surface area contributed by atoms with Gasteiger partial charge in [-0.1, -0.05) is 48.5 Å². The fraction of sp³-hybridized carbons (Fsp3) is 0.231. The summed E-state index contributed by atoms with van der Waals surface area (Å²) >= 11 is 0. The second-order valence-electron chi connectivity index (χ2n) is 8.00. The lowest BCUT2D eigenvalue weighted by Crippen LogP contribution is -2.49. The summed E-state index contributed by atoms with van der Waals surface area (Å²) in [6.45, 7) is 3.47. The summed E-state index contributed by atoms with van der Waals surface area (Å²) in [5, 5.41) is 3.01. The van der Waals surface area contributed by atoms with Gasteiger partial charge in [0.05, 0.1) is 6.04 Å². The van der Waals surface area contributed by atoms with Crippen LogP contribution in [-0.2, 0) is 6.54 Å². The van der Waals surface area contributed by atoms with E-state index >= 15 is 0 Å². The topological polar surface area (TPSA) is 52.7 Å². The lowest BCUT2D eigenvalue weighted by atomic mass is 10.1. The average Bonchev–Trinajstić information content (AvgIpc) is 2.81. The molecule has 3 aromatic rings. The SMILES string of the molecule is C[C@@H](NC(=O)c1cccc(N2CCCN(Cc3cccc(F)c3)C2=O)c1)c1ccccc1. The Bertz CT molecular complexity index is 1100. The highest BCUT2D eigenvalue weighted by molar-refractivity contribution is 5.98. The van der Waals surface area contributed by atoms with Crippen LogP contribution < -0.4 is 10.2 Å². The lowest BCUT2D eigenvalue weighted by Gasteiger charge is -2.36. The van der Waals surface area contributed by atoms with Gasteiger partial charge in [0.1, 0.15) is 5.82 Å². The van der Waals surface area contributed by atoms with E-state index in [1.54, 1.807) is 34.1 Å². The van der Waals surface area contributed by atoms with Gasteiger partial charge in [0, 0.05) is 30.9 Å². The Morgan fingerprint density at radius 1 is 1.00 bits per heavy atom. The molecule has 32 heavy (non-hydrogen) atoms. The van der Waals surface area contributed by atoms with Crippen molar-refractivity contribution in [3.8, 4) is 0 Å². The molecule has 1 atom stereocenters. The first-order valence-corrected chi connectivity index (χ1v) is 10.8. The van der Waals surface area contributed by atoms with E-state index < -0.39 is 0 Å². The smallest absolute Gasteiger partial charge is 0.324 e. The van der Waals surface area contributed by atoms with Crippen molar-refractivity contribution in [3.63, 3.8) is 0 Å². The van der Waals surface area contributed by atoms with Crippen LogP contribution in [-0.4, -0.2) is 29.9 Å². The molecule has 4 rings (SSSR count). The van der Waals surface area contributed by atoms with Crippen molar-refractivity contribution in [1.29, 1.82) is 0 Å². The van der Waals surface area contributed by atoms with Crippen molar-refractivity contribution in [2.24, 2.45) is 0 Å². The molecule has 0 spiro atoms. The predicted octanol–water partition coefficient (Wildman–Crippen LogP) is 5.15. The van der Waals surface area contributed by atoms with Crippen LogP contribution in [0.2, 0.25) is 0 Å². The molecule has 0 saturated carbocycles. The van der Waals surface area contributed by atoms with Crippen LogP contribution in [0.1, 0.15) is 40.9 Å². The van der Waals surface area contributed by atoms with Crippen molar-refractivity contribution in [2.45, 2.75) is 25.9 Å². The minimum Gasteiger partial charge on any atom is -0.346 e. The highest BCUT2D eigenvalue weighted by atomic mass is 19.1. The van der Waals surface area contributed by atoms with Gasteiger partial charge in [-0.25, -0.2) is 9.18 Å². The van der Waals surface area contributed by atoms with Gasteiger partial charge in [-0.15, -0.1) is 0 Å². The van der Waals surface area contributed by atoms with Crippen molar-refractivity contribution in [2.75, 3.05) is 18.0 Å². The number of anilines is 1. The van der Waals surface area contributed by atoms with Crippen molar-refractivity contribution in [1.82, 2.24) is 10.2 Å². The van der Waals surface area contributed by atoms with E-state index in [9.17, 15) is 14.0 Å². The van der Waals surface area contributed by atoms with Crippen LogP contribution in [0, 0.1) is 5.82 Å². The zero-order valence-corrected chi connectivity index (χ0v) is 18.0. The highest BCUT2D eigenvalue weighted by Crippen LogP contribution is 2.23. The normalized spacial score (nSPS) is 14.9. The van der Waals surface area contributed by atoms with E-state index in [-0.39, 0.29) is 23.8 Å². The second kappa shape index (κ2) is 9.64. The third-order valence-electron chi connectivity index (χ3n) is 5.64. The van der Waals surface area contributed by atoms with E-state index in [2.05, 4.69) is 5.32 Å². The molecule has 1 aliphatic heterocycles. The van der Waals surface area contributed by atoms with Crippen molar-refractivity contribution < 1.29 is 14.0 Å². The van der Waals surface area contributed by atoms with Crippen LogP contribution >= 0.6 is 0 Å². The van der Waals surface area contributed by atoms with Crippen molar-refractivity contribution >= 4 is 17.6 Å². The number of carbonyl (C=O) groups excluding carboxylic acids is 2. The minimum atomic E-state index is -0.313. The molecule has 3 amide bonds. The average molecular weight is 432 g/mol. The number of urea groups is 1. The van der Waals surface area contributed by atoms with Crippen LogP contribution in [0.15, 0.2) is 78.9 Å². The van der Waals surface area contributed by atoms with Gasteiger partial charge in [-0.3, -0.25) is 9.69 Å². The zero-order valence-electron chi connectivity index (χ0n) is 18.0. The Labute approximate surface area is 187 Å². The van der Waals surface area contributed by atoms with E-state index in [1.165, 1.54) is 12.1 Å². The molecule has 6 heteroatoms. The molecule has 0 radical (unpaired) electrons. The molecule has 3 aromatic carbocycles. The fourth-order valence-corrected chi connectivity index (χ4v) is 3.94.